The van der Waals surface area contributed by atoms with Crippen LogP contribution in [0, 0.1) is 11.8 Å². The van der Waals surface area contributed by atoms with Gasteiger partial charge in [-0.1, -0.05) is 26.0 Å². The molecule has 1 aromatic carbocycles. The van der Waals surface area contributed by atoms with Crippen molar-refractivity contribution < 1.29 is 22.7 Å². The van der Waals surface area contributed by atoms with Gasteiger partial charge in [-0.3, -0.25) is 9.69 Å². The van der Waals surface area contributed by atoms with E-state index in [1.807, 2.05) is 0 Å². The van der Waals surface area contributed by atoms with Gasteiger partial charge in [0.25, 0.3) is 0 Å². The lowest BCUT2D eigenvalue weighted by Crippen LogP contribution is -2.63. The summed E-state index contributed by atoms with van der Waals surface area (Å²) in [4.78, 5) is 17.7. The minimum atomic E-state index is -4.32. The van der Waals surface area contributed by atoms with Crippen molar-refractivity contribution in [2.75, 3.05) is 19.7 Å². The lowest BCUT2D eigenvalue weighted by molar-refractivity contribution is -0.192. The zero-order valence-corrected chi connectivity index (χ0v) is 20.8. The van der Waals surface area contributed by atoms with Crippen LogP contribution in [0.2, 0.25) is 0 Å². The van der Waals surface area contributed by atoms with Gasteiger partial charge in [0, 0.05) is 31.0 Å². The number of halogens is 3. The third-order valence-corrected chi connectivity index (χ3v) is 8.91. The van der Waals surface area contributed by atoms with Gasteiger partial charge in [0.2, 0.25) is 5.91 Å². The van der Waals surface area contributed by atoms with Crippen molar-refractivity contribution in [3.63, 3.8) is 0 Å². The van der Waals surface area contributed by atoms with E-state index in [1.165, 1.54) is 12.1 Å². The molecular formula is C27H38F3N3O2. The van der Waals surface area contributed by atoms with Crippen LogP contribution in [0.4, 0.5) is 13.2 Å². The number of piperidine rings is 2. The van der Waals surface area contributed by atoms with Crippen LogP contribution in [0.1, 0.15) is 69.9 Å². The summed E-state index contributed by atoms with van der Waals surface area (Å²) in [6.45, 7) is 7.54. The minimum Gasteiger partial charge on any atom is -0.353 e. The molecule has 4 fully saturated rings. The van der Waals surface area contributed by atoms with Crippen LogP contribution in [0.15, 0.2) is 24.3 Å². The van der Waals surface area contributed by atoms with E-state index in [0.29, 0.717) is 43.5 Å². The van der Waals surface area contributed by atoms with Crippen molar-refractivity contribution in [3.05, 3.63) is 35.4 Å². The predicted molar refractivity (Wildman–Crippen MR) is 127 cm³/mol. The lowest BCUT2D eigenvalue weighted by Gasteiger charge is -2.54. The molecule has 5 rings (SSSR count). The first-order valence-electron chi connectivity index (χ1n) is 13.3. The Labute approximate surface area is 206 Å². The molecular weight excluding hydrogens is 455 g/mol. The Bertz CT molecular complexity index is 900. The van der Waals surface area contributed by atoms with Crippen molar-refractivity contribution in [1.82, 2.24) is 15.1 Å². The van der Waals surface area contributed by atoms with Crippen LogP contribution in [-0.2, 0) is 22.3 Å². The molecule has 0 unspecified atom stereocenters. The number of carbonyl (C=O) groups excluding carboxylic acids is 1. The highest BCUT2D eigenvalue weighted by molar-refractivity contribution is 5.78. The topological polar surface area (TPSA) is 44.8 Å². The first-order chi connectivity index (χ1) is 16.7. The zero-order chi connectivity index (χ0) is 24.8. The van der Waals surface area contributed by atoms with E-state index in [-0.39, 0.29) is 11.9 Å². The number of carbonyl (C=O) groups is 1. The maximum absolute atomic E-state index is 13.1. The monoisotopic (exact) mass is 493 g/mol. The normalized spacial score (nSPS) is 32.3. The molecule has 0 bridgehead atoms. The standard InChI is InChI=1S/C27H38F3N3O2/c1-18(2)24-17-35-26-12-9-23(15-21(26)7-8-25(34)33(24)26)32(22-10-13-31-14-11-22)16-19-3-5-20(6-4-19)27(28,29)30/h3-6,18,21-24,31H,7-17H2,1-2H3/t21-,23+,24-,26-/m1/s1. The molecule has 1 N–H and O–H groups in total. The summed E-state index contributed by atoms with van der Waals surface area (Å²) < 4.78 is 45.7. The number of nitrogens with one attached hydrogen (secondary N) is 1. The van der Waals surface area contributed by atoms with Gasteiger partial charge >= 0.3 is 6.18 Å². The smallest absolute Gasteiger partial charge is 0.353 e. The van der Waals surface area contributed by atoms with E-state index >= 15 is 0 Å². The fourth-order valence-electron chi connectivity index (χ4n) is 7.02. The molecule has 3 aliphatic heterocycles. The Morgan fingerprint density at radius 2 is 1.83 bits per heavy atom. The fraction of sp³-hybridized carbons (Fsp3) is 0.741. The van der Waals surface area contributed by atoms with E-state index in [2.05, 4.69) is 29.0 Å². The molecule has 1 aliphatic carbocycles. The summed E-state index contributed by atoms with van der Waals surface area (Å²) in [6.07, 6.45) is 1.97. The molecule has 3 heterocycles. The van der Waals surface area contributed by atoms with E-state index < -0.39 is 17.5 Å². The van der Waals surface area contributed by atoms with Gasteiger partial charge in [-0.15, -0.1) is 0 Å². The second-order valence-corrected chi connectivity index (χ2v) is 11.2. The molecule has 4 aliphatic rings. The summed E-state index contributed by atoms with van der Waals surface area (Å²) >= 11 is 0. The predicted octanol–water partition coefficient (Wildman–Crippen LogP) is 4.80. The SMILES string of the molecule is CC(C)[C@H]1CO[C@]23CC[C@H](N(Cc4ccc(C(F)(F)F)cc4)C4CCNCC4)C[C@H]2CCC(=O)N13. The zero-order valence-electron chi connectivity index (χ0n) is 20.8. The maximum Gasteiger partial charge on any atom is 0.416 e. The molecule has 8 heteroatoms. The van der Waals surface area contributed by atoms with Crippen LogP contribution < -0.4 is 5.32 Å². The molecule has 1 spiro atoms. The van der Waals surface area contributed by atoms with E-state index in [0.717, 1.165) is 57.2 Å². The first kappa shape index (κ1) is 25.0. The van der Waals surface area contributed by atoms with Crippen LogP contribution in [-0.4, -0.2) is 59.3 Å². The van der Waals surface area contributed by atoms with Crippen molar-refractivity contribution in [1.29, 1.82) is 0 Å². The van der Waals surface area contributed by atoms with Crippen molar-refractivity contribution in [3.8, 4) is 0 Å². The molecule has 4 atom stereocenters. The molecule has 0 aromatic heterocycles. The number of ether oxygens (including phenoxy) is 1. The minimum absolute atomic E-state index is 0.148. The maximum atomic E-state index is 13.1. The molecule has 5 nitrogen and oxygen atoms in total. The van der Waals surface area contributed by atoms with Gasteiger partial charge in [0.15, 0.2) is 0 Å². The molecule has 194 valence electrons. The largest absolute Gasteiger partial charge is 0.416 e. The Morgan fingerprint density at radius 1 is 1.11 bits per heavy atom. The van der Waals surface area contributed by atoms with Gasteiger partial charge in [-0.2, -0.15) is 13.2 Å². The first-order valence-corrected chi connectivity index (χ1v) is 13.3. The summed E-state index contributed by atoms with van der Waals surface area (Å²) in [7, 11) is 0. The van der Waals surface area contributed by atoms with Crippen molar-refractivity contribution >= 4 is 5.91 Å². The number of benzene rings is 1. The highest BCUT2D eigenvalue weighted by Gasteiger charge is 2.59. The summed E-state index contributed by atoms with van der Waals surface area (Å²) in [5.74, 6) is 0.899. The average molecular weight is 494 g/mol. The Hall–Kier alpha value is -1.64. The second-order valence-electron chi connectivity index (χ2n) is 11.2. The second kappa shape index (κ2) is 9.67. The average Bonchev–Trinajstić information content (AvgIpc) is 3.24. The third-order valence-electron chi connectivity index (χ3n) is 8.91. The highest BCUT2D eigenvalue weighted by atomic mass is 19.4. The van der Waals surface area contributed by atoms with Crippen molar-refractivity contribution in [2.24, 2.45) is 11.8 Å². The van der Waals surface area contributed by atoms with Gasteiger partial charge in [0.05, 0.1) is 18.2 Å². The number of hydrogen-bond acceptors (Lipinski definition) is 4. The summed E-state index contributed by atoms with van der Waals surface area (Å²) in [5, 5.41) is 3.44. The van der Waals surface area contributed by atoms with Crippen LogP contribution >= 0.6 is 0 Å². The molecule has 0 radical (unpaired) electrons. The molecule has 35 heavy (non-hydrogen) atoms. The quantitative estimate of drug-likeness (QED) is 0.640. The Balaban J connectivity index is 1.36. The lowest BCUT2D eigenvalue weighted by atomic mass is 9.72. The number of nitrogens with zero attached hydrogens (tertiary/aromatic N) is 2. The molecule has 3 saturated heterocycles. The van der Waals surface area contributed by atoms with Gasteiger partial charge < -0.3 is 15.0 Å². The van der Waals surface area contributed by atoms with E-state index in [4.69, 9.17) is 4.74 Å². The number of alkyl halides is 3. The number of amides is 1. The Kier molecular flexibility index (Phi) is 6.92. The van der Waals surface area contributed by atoms with E-state index in [1.54, 1.807) is 12.1 Å². The van der Waals surface area contributed by atoms with E-state index in [9.17, 15) is 18.0 Å². The molecule has 1 amide bonds. The van der Waals surface area contributed by atoms with Crippen molar-refractivity contribution in [2.45, 2.75) is 95.4 Å². The van der Waals surface area contributed by atoms with Crippen LogP contribution in [0.25, 0.3) is 0 Å². The third kappa shape index (κ3) is 4.74. The van der Waals surface area contributed by atoms with Gasteiger partial charge in [0.1, 0.15) is 5.72 Å². The number of rotatable bonds is 5. The van der Waals surface area contributed by atoms with Gasteiger partial charge in [-0.25, -0.2) is 0 Å². The molecule has 1 aromatic rings. The highest BCUT2D eigenvalue weighted by Crippen LogP contribution is 2.51. The summed E-state index contributed by atoms with van der Waals surface area (Å²) in [5.41, 5.74) is -0.136. The molecule has 1 saturated carbocycles. The fourth-order valence-corrected chi connectivity index (χ4v) is 7.02. The Morgan fingerprint density at radius 3 is 2.49 bits per heavy atom. The van der Waals surface area contributed by atoms with Gasteiger partial charge in [-0.05, 0) is 75.2 Å². The van der Waals surface area contributed by atoms with Crippen LogP contribution in [0.5, 0.6) is 0 Å². The summed E-state index contributed by atoms with van der Waals surface area (Å²) in [6, 6.07) is 6.57. The van der Waals surface area contributed by atoms with Crippen LogP contribution in [0.3, 0.4) is 0 Å². The number of hydrogen-bond donors (Lipinski definition) is 1.